The number of aliphatic hydroxyl groups excluding tert-OH is 1. The summed E-state index contributed by atoms with van der Waals surface area (Å²) in [6.07, 6.45) is 0.744. The summed E-state index contributed by atoms with van der Waals surface area (Å²) in [5.74, 6) is 1.60. The summed E-state index contributed by atoms with van der Waals surface area (Å²) in [5.41, 5.74) is 1.24. The van der Waals surface area contributed by atoms with Crippen LogP contribution in [0.25, 0.3) is 0 Å². The third kappa shape index (κ3) is 3.62. The number of fused-ring (bicyclic) bond motifs is 1. The van der Waals surface area contributed by atoms with E-state index in [1.807, 2.05) is 13.0 Å². The second-order valence-corrected chi connectivity index (χ2v) is 6.69. The van der Waals surface area contributed by atoms with Crippen molar-refractivity contribution in [1.82, 2.24) is 9.80 Å². The largest absolute Gasteiger partial charge is 0.493 e. The molecule has 128 valence electrons. The Kier molecular flexibility index (Phi) is 5.09. The highest BCUT2D eigenvalue weighted by molar-refractivity contribution is 5.43. The zero-order valence-corrected chi connectivity index (χ0v) is 14.4. The lowest BCUT2D eigenvalue weighted by atomic mass is 10.1. The molecule has 5 heteroatoms. The number of rotatable bonds is 5. The maximum absolute atomic E-state index is 9.88. The lowest BCUT2D eigenvalue weighted by Gasteiger charge is -2.42. The number of methoxy groups -OCH3 is 1. The highest BCUT2D eigenvalue weighted by atomic mass is 16.5. The van der Waals surface area contributed by atoms with E-state index in [9.17, 15) is 5.11 Å². The van der Waals surface area contributed by atoms with Gasteiger partial charge < -0.3 is 14.6 Å². The first-order chi connectivity index (χ1) is 11.1. The van der Waals surface area contributed by atoms with Gasteiger partial charge in [-0.3, -0.25) is 9.80 Å². The molecule has 0 amide bonds. The van der Waals surface area contributed by atoms with Gasteiger partial charge in [-0.05, 0) is 38.0 Å². The van der Waals surface area contributed by atoms with Gasteiger partial charge in [-0.15, -0.1) is 0 Å². The van der Waals surface area contributed by atoms with E-state index in [1.54, 1.807) is 7.11 Å². The highest BCUT2D eigenvalue weighted by Gasteiger charge is 2.37. The van der Waals surface area contributed by atoms with Gasteiger partial charge in [-0.1, -0.05) is 6.07 Å². The van der Waals surface area contributed by atoms with Crippen molar-refractivity contribution in [3.63, 3.8) is 0 Å². The lowest BCUT2D eigenvalue weighted by Crippen LogP contribution is -2.54. The minimum atomic E-state index is -0.155. The second kappa shape index (κ2) is 7.07. The van der Waals surface area contributed by atoms with Gasteiger partial charge >= 0.3 is 0 Å². The van der Waals surface area contributed by atoms with Gasteiger partial charge in [0.25, 0.3) is 0 Å². The Balaban J connectivity index is 1.69. The molecule has 2 aliphatic rings. The average molecular weight is 320 g/mol. The van der Waals surface area contributed by atoms with Crippen molar-refractivity contribution in [2.45, 2.75) is 45.0 Å². The third-order valence-corrected chi connectivity index (χ3v) is 4.99. The van der Waals surface area contributed by atoms with Crippen molar-refractivity contribution in [2.24, 2.45) is 0 Å². The zero-order valence-electron chi connectivity index (χ0n) is 14.4. The molecular formula is C18H28N2O3. The molecule has 1 aromatic carbocycles. The minimum absolute atomic E-state index is 0.155. The third-order valence-electron chi connectivity index (χ3n) is 4.99. The number of nitrogens with zero attached hydrogens (tertiary/aromatic N) is 2. The fourth-order valence-electron chi connectivity index (χ4n) is 3.82. The van der Waals surface area contributed by atoms with Crippen molar-refractivity contribution in [3.8, 4) is 11.5 Å². The van der Waals surface area contributed by atoms with E-state index in [-0.39, 0.29) is 6.10 Å². The quantitative estimate of drug-likeness (QED) is 0.895. The number of ether oxygens (including phenoxy) is 2. The second-order valence-electron chi connectivity index (χ2n) is 6.69. The van der Waals surface area contributed by atoms with Crippen LogP contribution in [0.15, 0.2) is 18.2 Å². The average Bonchev–Trinajstić information content (AvgIpc) is 2.88. The molecule has 0 aliphatic carbocycles. The molecule has 5 nitrogen and oxygen atoms in total. The first-order valence-corrected chi connectivity index (χ1v) is 8.56. The predicted molar refractivity (Wildman–Crippen MR) is 90.0 cm³/mol. The van der Waals surface area contributed by atoms with E-state index in [0.29, 0.717) is 18.7 Å². The van der Waals surface area contributed by atoms with Crippen LogP contribution in [0.4, 0.5) is 0 Å². The van der Waals surface area contributed by atoms with Gasteiger partial charge in [0.05, 0.1) is 19.8 Å². The van der Waals surface area contributed by atoms with E-state index in [1.165, 1.54) is 5.56 Å². The van der Waals surface area contributed by atoms with Crippen LogP contribution in [0.5, 0.6) is 11.5 Å². The molecule has 2 saturated heterocycles. The molecule has 0 bridgehead atoms. The van der Waals surface area contributed by atoms with Gasteiger partial charge in [-0.25, -0.2) is 0 Å². The van der Waals surface area contributed by atoms with Crippen LogP contribution in [0.2, 0.25) is 0 Å². The van der Waals surface area contributed by atoms with E-state index >= 15 is 0 Å². The van der Waals surface area contributed by atoms with Gasteiger partial charge in [0.15, 0.2) is 11.5 Å². The normalized spacial score (nSPS) is 28.6. The van der Waals surface area contributed by atoms with Crippen molar-refractivity contribution < 1.29 is 14.6 Å². The standard InChI is InChI=1S/C18H28N2O3/c1-4-23-17-6-5-14(7-18(17)22-3)10-19-11-15-8-16(21)12-20(15)9-13(19)2/h5-7,13,15-16,21H,4,8-12H2,1-3H3/t13-,15+,16-/m1/s1. The molecule has 23 heavy (non-hydrogen) atoms. The van der Waals surface area contributed by atoms with Crippen LogP contribution in [0.3, 0.4) is 0 Å². The molecule has 1 aromatic rings. The Morgan fingerprint density at radius 2 is 2.04 bits per heavy atom. The fourth-order valence-corrected chi connectivity index (χ4v) is 3.82. The van der Waals surface area contributed by atoms with Crippen molar-refractivity contribution >= 4 is 0 Å². The number of benzene rings is 1. The summed E-state index contributed by atoms with van der Waals surface area (Å²) in [5, 5.41) is 9.88. The molecule has 2 fully saturated rings. The number of aliphatic hydroxyl groups is 1. The number of hydrogen-bond donors (Lipinski definition) is 1. The Morgan fingerprint density at radius 3 is 2.78 bits per heavy atom. The van der Waals surface area contributed by atoms with Crippen LogP contribution in [0.1, 0.15) is 25.8 Å². The first kappa shape index (κ1) is 16.6. The monoisotopic (exact) mass is 320 g/mol. The SMILES string of the molecule is CCOc1ccc(CN2C[C@@H]3C[C@@H](O)CN3C[C@H]2C)cc1OC. The maximum Gasteiger partial charge on any atom is 0.161 e. The zero-order chi connectivity index (χ0) is 16.4. The molecule has 1 N–H and O–H groups in total. The molecule has 0 spiro atoms. The van der Waals surface area contributed by atoms with Crippen molar-refractivity contribution in [1.29, 1.82) is 0 Å². The van der Waals surface area contributed by atoms with Crippen LogP contribution < -0.4 is 9.47 Å². The van der Waals surface area contributed by atoms with Crippen LogP contribution in [-0.4, -0.2) is 66.4 Å². The summed E-state index contributed by atoms with van der Waals surface area (Å²) in [4.78, 5) is 4.94. The lowest BCUT2D eigenvalue weighted by molar-refractivity contribution is 0.0528. The summed E-state index contributed by atoms with van der Waals surface area (Å²) in [6.45, 7) is 8.68. The maximum atomic E-state index is 9.88. The van der Waals surface area contributed by atoms with E-state index < -0.39 is 0 Å². The summed E-state index contributed by atoms with van der Waals surface area (Å²) in [6, 6.07) is 7.18. The summed E-state index contributed by atoms with van der Waals surface area (Å²) < 4.78 is 11.0. The molecular weight excluding hydrogens is 292 g/mol. The molecule has 3 rings (SSSR count). The fraction of sp³-hybridized carbons (Fsp3) is 0.667. The van der Waals surface area contributed by atoms with Crippen LogP contribution in [0, 0.1) is 0 Å². The molecule has 0 unspecified atom stereocenters. The highest BCUT2D eigenvalue weighted by Crippen LogP contribution is 2.30. The minimum Gasteiger partial charge on any atom is -0.493 e. The molecule has 0 saturated carbocycles. The van der Waals surface area contributed by atoms with Crippen molar-refractivity contribution in [2.75, 3.05) is 33.4 Å². The Hall–Kier alpha value is -1.30. The number of hydrogen-bond acceptors (Lipinski definition) is 5. The molecule has 0 aromatic heterocycles. The van der Waals surface area contributed by atoms with Crippen molar-refractivity contribution in [3.05, 3.63) is 23.8 Å². The topological polar surface area (TPSA) is 45.2 Å². The van der Waals surface area contributed by atoms with Gasteiger partial charge in [0, 0.05) is 38.3 Å². The van der Waals surface area contributed by atoms with Crippen LogP contribution >= 0.6 is 0 Å². The smallest absolute Gasteiger partial charge is 0.161 e. The van der Waals surface area contributed by atoms with E-state index in [4.69, 9.17) is 9.47 Å². The van der Waals surface area contributed by atoms with Gasteiger partial charge in [0.1, 0.15) is 0 Å². The van der Waals surface area contributed by atoms with Gasteiger partial charge in [-0.2, -0.15) is 0 Å². The number of piperazine rings is 1. The van der Waals surface area contributed by atoms with Crippen LogP contribution in [-0.2, 0) is 6.54 Å². The summed E-state index contributed by atoms with van der Waals surface area (Å²) >= 11 is 0. The predicted octanol–water partition coefficient (Wildman–Crippen LogP) is 1.73. The first-order valence-electron chi connectivity index (χ1n) is 8.56. The summed E-state index contributed by atoms with van der Waals surface area (Å²) in [7, 11) is 1.68. The Labute approximate surface area is 138 Å². The van der Waals surface area contributed by atoms with E-state index in [2.05, 4.69) is 28.9 Å². The molecule has 0 radical (unpaired) electrons. The molecule has 3 atom stereocenters. The van der Waals surface area contributed by atoms with Gasteiger partial charge in [0.2, 0.25) is 0 Å². The molecule has 2 aliphatic heterocycles. The Bertz CT molecular complexity index is 537. The molecule has 2 heterocycles. The Morgan fingerprint density at radius 1 is 1.22 bits per heavy atom. The van der Waals surface area contributed by atoms with E-state index in [0.717, 1.165) is 44.1 Å².